The van der Waals surface area contributed by atoms with Crippen molar-refractivity contribution >= 4 is 0 Å². The first-order valence-electron chi connectivity index (χ1n) is 7.51. The van der Waals surface area contributed by atoms with Crippen LogP contribution in [0.15, 0.2) is 30.3 Å². The van der Waals surface area contributed by atoms with Crippen LogP contribution in [0.3, 0.4) is 0 Å². The van der Waals surface area contributed by atoms with Crippen LogP contribution >= 0.6 is 0 Å². The van der Waals surface area contributed by atoms with Gasteiger partial charge in [0.25, 0.3) is 0 Å². The van der Waals surface area contributed by atoms with Crippen molar-refractivity contribution in [2.75, 3.05) is 13.7 Å². The molecule has 1 N–H and O–H groups in total. The minimum atomic E-state index is -0.952. The zero-order chi connectivity index (χ0) is 15.3. The van der Waals surface area contributed by atoms with Gasteiger partial charge in [-0.3, -0.25) is 10.1 Å². The monoisotopic (exact) mass is 292 g/mol. The maximum absolute atomic E-state index is 11.3. The first-order chi connectivity index (χ1) is 10.1. The Kier molecular flexibility index (Phi) is 5.31. The summed E-state index contributed by atoms with van der Waals surface area (Å²) in [6.45, 7) is 2.58. The van der Waals surface area contributed by atoms with Crippen molar-refractivity contribution in [3.05, 3.63) is 46.0 Å². The standard InChI is InChI=1S/C16H24N2O3/c1-16(18(19)20)10-8-14(12-15(16)21-2)17-11-9-13-6-4-3-5-7-13/h3-7,14-15,17H,8-12H2,1-2H3/t14?,15-,16-/m0/s1. The molecule has 0 radical (unpaired) electrons. The lowest BCUT2D eigenvalue weighted by atomic mass is 9.78. The van der Waals surface area contributed by atoms with Gasteiger partial charge in [0.05, 0.1) is 0 Å². The van der Waals surface area contributed by atoms with Crippen LogP contribution in [0, 0.1) is 10.1 Å². The number of rotatable bonds is 6. The molecule has 3 atom stereocenters. The zero-order valence-electron chi connectivity index (χ0n) is 12.7. The van der Waals surface area contributed by atoms with E-state index in [0.29, 0.717) is 18.9 Å². The topological polar surface area (TPSA) is 64.4 Å². The molecule has 1 saturated carbocycles. The van der Waals surface area contributed by atoms with E-state index < -0.39 is 5.54 Å². The highest BCUT2D eigenvalue weighted by molar-refractivity contribution is 5.14. The van der Waals surface area contributed by atoms with Gasteiger partial charge in [0.1, 0.15) is 6.10 Å². The van der Waals surface area contributed by atoms with Gasteiger partial charge >= 0.3 is 0 Å². The van der Waals surface area contributed by atoms with Gasteiger partial charge in [0.2, 0.25) is 5.54 Å². The maximum Gasteiger partial charge on any atom is 0.245 e. The smallest absolute Gasteiger partial charge is 0.245 e. The maximum atomic E-state index is 11.3. The number of nitrogens with zero attached hydrogens (tertiary/aromatic N) is 1. The molecular formula is C16H24N2O3. The Hall–Kier alpha value is -1.46. The Balaban J connectivity index is 1.83. The summed E-state index contributed by atoms with van der Waals surface area (Å²) < 4.78 is 5.38. The molecule has 0 aromatic heterocycles. The highest BCUT2D eigenvalue weighted by Crippen LogP contribution is 2.33. The van der Waals surface area contributed by atoms with Crippen LogP contribution in [0.5, 0.6) is 0 Å². The van der Waals surface area contributed by atoms with E-state index in [1.165, 1.54) is 5.56 Å². The second kappa shape index (κ2) is 7.00. The van der Waals surface area contributed by atoms with Gasteiger partial charge in [-0.05, 0) is 31.4 Å². The van der Waals surface area contributed by atoms with Crippen LogP contribution in [0.4, 0.5) is 0 Å². The van der Waals surface area contributed by atoms with Gasteiger partial charge in [-0.15, -0.1) is 0 Å². The van der Waals surface area contributed by atoms with Crippen molar-refractivity contribution in [1.82, 2.24) is 5.32 Å². The number of nitrogens with one attached hydrogen (secondary N) is 1. The van der Waals surface area contributed by atoms with Crippen molar-refractivity contribution in [1.29, 1.82) is 0 Å². The van der Waals surface area contributed by atoms with Crippen LogP contribution in [0.1, 0.15) is 31.7 Å². The molecule has 0 heterocycles. The van der Waals surface area contributed by atoms with E-state index >= 15 is 0 Å². The molecule has 1 unspecified atom stereocenters. The van der Waals surface area contributed by atoms with Gasteiger partial charge in [0, 0.05) is 31.4 Å². The predicted octanol–water partition coefficient (Wildman–Crippen LogP) is 2.42. The Labute approximate surface area is 125 Å². The molecule has 0 bridgehead atoms. The Morgan fingerprint density at radius 3 is 2.76 bits per heavy atom. The van der Waals surface area contributed by atoms with Crippen LogP contribution in [-0.4, -0.2) is 36.3 Å². The molecular weight excluding hydrogens is 268 g/mol. The zero-order valence-corrected chi connectivity index (χ0v) is 12.7. The lowest BCUT2D eigenvalue weighted by Crippen LogP contribution is -2.55. The second-order valence-corrected chi connectivity index (χ2v) is 6.00. The van der Waals surface area contributed by atoms with Gasteiger partial charge in [-0.1, -0.05) is 30.3 Å². The molecule has 5 heteroatoms. The van der Waals surface area contributed by atoms with Crippen LogP contribution < -0.4 is 5.32 Å². The fourth-order valence-electron chi connectivity index (χ4n) is 3.07. The van der Waals surface area contributed by atoms with Gasteiger partial charge < -0.3 is 10.1 Å². The number of benzene rings is 1. The van der Waals surface area contributed by atoms with E-state index in [4.69, 9.17) is 4.74 Å². The van der Waals surface area contributed by atoms with Crippen molar-refractivity contribution in [2.24, 2.45) is 0 Å². The Bertz CT molecular complexity index is 466. The Morgan fingerprint density at radius 1 is 1.43 bits per heavy atom. The average molecular weight is 292 g/mol. The summed E-state index contributed by atoms with van der Waals surface area (Å²) in [5.74, 6) is 0. The van der Waals surface area contributed by atoms with Crippen LogP contribution in [0.25, 0.3) is 0 Å². The molecule has 116 valence electrons. The SMILES string of the molecule is CO[C@H]1CC(NCCc2ccccc2)CC[C@]1(C)[N+](=O)[O-]. The molecule has 1 fully saturated rings. The summed E-state index contributed by atoms with van der Waals surface area (Å²) in [7, 11) is 1.57. The number of methoxy groups -OCH3 is 1. The molecule has 2 rings (SSSR count). The molecule has 0 amide bonds. The third kappa shape index (κ3) is 3.80. The fourth-order valence-corrected chi connectivity index (χ4v) is 3.07. The van der Waals surface area contributed by atoms with Gasteiger partial charge in [0.15, 0.2) is 0 Å². The summed E-state index contributed by atoms with van der Waals surface area (Å²) in [6, 6.07) is 10.6. The van der Waals surface area contributed by atoms with E-state index in [9.17, 15) is 10.1 Å². The average Bonchev–Trinajstić information content (AvgIpc) is 2.50. The first kappa shape index (κ1) is 15.9. The van der Waals surface area contributed by atoms with Gasteiger partial charge in [-0.25, -0.2) is 0 Å². The molecule has 0 spiro atoms. The number of ether oxygens (including phenoxy) is 1. The van der Waals surface area contributed by atoms with E-state index in [1.807, 2.05) is 18.2 Å². The molecule has 21 heavy (non-hydrogen) atoms. The highest BCUT2D eigenvalue weighted by Gasteiger charge is 2.50. The summed E-state index contributed by atoms with van der Waals surface area (Å²) in [5, 5.41) is 14.8. The van der Waals surface area contributed by atoms with Gasteiger partial charge in [-0.2, -0.15) is 0 Å². The summed E-state index contributed by atoms with van der Waals surface area (Å²) in [6.07, 6.45) is 2.73. The van der Waals surface area contributed by atoms with Crippen molar-refractivity contribution in [3.8, 4) is 0 Å². The molecule has 0 aliphatic heterocycles. The predicted molar refractivity (Wildman–Crippen MR) is 82.0 cm³/mol. The molecule has 1 aliphatic carbocycles. The summed E-state index contributed by atoms with van der Waals surface area (Å²) in [4.78, 5) is 11.1. The van der Waals surface area contributed by atoms with E-state index in [2.05, 4.69) is 17.4 Å². The number of hydrogen-bond acceptors (Lipinski definition) is 4. The molecule has 5 nitrogen and oxygen atoms in total. The molecule has 1 aromatic carbocycles. The summed E-state index contributed by atoms with van der Waals surface area (Å²) in [5.41, 5.74) is 0.353. The van der Waals surface area contributed by atoms with Crippen LogP contribution in [0.2, 0.25) is 0 Å². The van der Waals surface area contributed by atoms with E-state index in [0.717, 1.165) is 19.4 Å². The van der Waals surface area contributed by atoms with Crippen LogP contribution in [-0.2, 0) is 11.2 Å². The second-order valence-electron chi connectivity index (χ2n) is 6.00. The third-order valence-corrected chi connectivity index (χ3v) is 4.58. The van der Waals surface area contributed by atoms with Crippen molar-refractivity contribution in [2.45, 2.75) is 50.3 Å². The van der Waals surface area contributed by atoms with E-state index in [1.54, 1.807) is 14.0 Å². The molecule has 1 aromatic rings. The largest absolute Gasteiger partial charge is 0.374 e. The highest BCUT2D eigenvalue weighted by atomic mass is 16.6. The quantitative estimate of drug-likeness (QED) is 0.646. The lowest BCUT2D eigenvalue weighted by Gasteiger charge is -2.37. The Morgan fingerprint density at radius 2 is 2.14 bits per heavy atom. The third-order valence-electron chi connectivity index (χ3n) is 4.58. The van der Waals surface area contributed by atoms with Crippen molar-refractivity contribution in [3.63, 3.8) is 0 Å². The van der Waals surface area contributed by atoms with E-state index in [-0.39, 0.29) is 11.0 Å². The van der Waals surface area contributed by atoms with Crippen molar-refractivity contribution < 1.29 is 9.66 Å². The molecule has 1 aliphatic rings. The summed E-state index contributed by atoms with van der Waals surface area (Å²) >= 11 is 0. The normalized spacial score (nSPS) is 29.2. The number of hydrogen-bond donors (Lipinski definition) is 1. The first-order valence-corrected chi connectivity index (χ1v) is 7.51. The number of nitro groups is 1. The molecule has 0 saturated heterocycles. The minimum absolute atomic E-state index is 0.179. The lowest BCUT2D eigenvalue weighted by molar-refractivity contribution is -0.583. The minimum Gasteiger partial charge on any atom is -0.374 e. The fraction of sp³-hybridized carbons (Fsp3) is 0.625.